The summed E-state index contributed by atoms with van der Waals surface area (Å²) in [6.07, 6.45) is 3.93. The van der Waals surface area contributed by atoms with E-state index in [-0.39, 0.29) is 18.4 Å². The van der Waals surface area contributed by atoms with E-state index in [4.69, 9.17) is 5.11 Å². The highest BCUT2D eigenvalue weighted by Gasteiger charge is 2.05. The SMILES string of the molecule is CCCCc1ccc(CC(=O)NCC(C)CO)cc1. The Morgan fingerprint density at radius 1 is 1.26 bits per heavy atom. The summed E-state index contributed by atoms with van der Waals surface area (Å²) in [6, 6.07) is 8.27. The molecule has 3 nitrogen and oxygen atoms in total. The highest BCUT2D eigenvalue weighted by atomic mass is 16.3. The van der Waals surface area contributed by atoms with Gasteiger partial charge in [-0.1, -0.05) is 44.5 Å². The molecule has 0 radical (unpaired) electrons. The summed E-state index contributed by atoms with van der Waals surface area (Å²) in [4.78, 5) is 11.7. The van der Waals surface area contributed by atoms with E-state index in [2.05, 4.69) is 24.4 Å². The smallest absolute Gasteiger partial charge is 0.224 e. The number of carbonyl (C=O) groups excluding carboxylic acids is 1. The average Bonchev–Trinajstić information content (AvgIpc) is 2.44. The Kier molecular flexibility index (Phi) is 7.19. The van der Waals surface area contributed by atoms with Gasteiger partial charge in [0.15, 0.2) is 0 Å². The van der Waals surface area contributed by atoms with Gasteiger partial charge < -0.3 is 10.4 Å². The van der Waals surface area contributed by atoms with Crippen molar-refractivity contribution in [2.24, 2.45) is 5.92 Å². The molecule has 1 rings (SSSR count). The summed E-state index contributed by atoms with van der Waals surface area (Å²) < 4.78 is 0. The topological polar surface area (TPSA) is 49.3 Å². The van der Waals surface area contributed by atoms with Gasteiger partial charge in [-0.2, -0.15) is 0 Å². The minimum Gasteiger partial charge on any atom is -0.396 e. The predicted octanol–water partition coefficient (Wildman–Crippen LogP) is 2.32. The van der Waals surface area contributed by atoms with Gasteiger partial charge in [0.05, 0.1) is 6.42 Å². The van der Waals surface area contributed by atoms with Crippen LogP contribution < -0.4 is 5.32 Å². The van der Waals surface area contributed by atoms with E-state index < -0.39 is 0 Å². The molecule has 0 spiro atoms. The second-order valence-electron chi connectivity index (χ2n) is 5.19. The van der Waals surface area contributed by atoms with Crippen LogP contribution in [0.15, 0.2) is 24.3 Å². The molecular formula is C16H25NO2. The summed E-state index contributed by atoms with van der Waals surface area (Å²) in [5.74, 6) is 0.127. The molecule has 0 aromatic heterocycles. The molecule has 1 atom stereocenters. The Morgan fingerprint density at radius 2 is 1.89 bits per heavy atom. The first-order valence-corrected chi connectivity index (χ1v) is 7.11. The quantitative estimate of drug-likeness (QED) is 0.756. The fraction of sp³-hybridized carbons (Fsp3) is 0.562. The number of aliphatic hydroxyl groups excluding tert-OH is 1. The molecule has 19 heavy (non-hydrogen) atoms. The lowest BCUT2D eigenvalue weighted by Crippen LogP contribution is -2.30. The van der Waals surface area contributed by atoms with Gasteiger partial charge in [0, 0.05) is 13.2 Å². The number of nitrogens with one attached hydrogen (secondary N) is 1. The Hall–Kier alpha value is -1.35. The second kappa shape index (κ2) is 8.70. The van der Waals surface area contributed by atoms with Crippen molar-refractivity contribution in [2.45, 2.75) is 39.5 Å². The molecule has 0 aliphatic carbocycles. The summed E-state index contributed by atoms with van der Waals surface area (Å²) in [7, 11) is 0. The minimum atomic E-state index is 0.0154. The van der Waals surface area contributed by atoms with Crippen molar-refractivity contribution in [1.29, 1.82) is 0 Å². The molecule has 0 saturated carbocycles. The Balaban J connectivity index is 2.37. The molecule has 0 heterocycles. The second-order valence-corrected chi connectivity index (χ2v) is 5.19. The molecule has 0 aliphatic rings. The Morgan fingerprint density at radius 3 is 2.47 bits per heavy atom. The van der Waals surface area contributed by atoms with Crippen molar-refractivity contribution >= 4 is 5.91 Å². The minimum absolute atomic E-state index is 0.0154. The number of amides is 1. The third kappa shape index (κ3) is 6.39. The van der Waals surface area contributed by atoms with E-state index in [1.165, 1.54) is 18.4 Å². The normalized spacial score (nSPS) is 12.2. The van der Waals surface area contributed by atoms with Crippen LogP contribution in [0.1, 0.15) is 37.8 Å². The van der Waals surface area contributed by atoms with Crippen molar-refractivity contribution in [3.8, 4) is 0 Å². The van der Waals surface area contributed by atoms with Gasteiger partial charge in [0.25, 0.3) is 0 Å². The van der Waals surface area contributed by atoms with E-state index in [1.54, 1.807) is 0 Å². The van der Waals surface area contributed by atoms with Crippen LogP contribution in [0.2, 0.25) is 0 Å². The first-order valence-electron chi connectivity index (χ1n) is 7.11. The zero-order chi connectivity index (χ0) is 14.1. The van der Waals surface area contributed by atoms with Crippen LogP contribution in [0, 0.1) is 5.92 Å². The highest BCUT2D eigenvalue weighted by molar-refractivity contribution is 5.78. The van der Waals surface area contributed by atoms with Crippen molar-refractivity contribution in [3.63, 3.8) is 0 Å². The maximum atomic E-state index is 11.7. The standard InChI is InChI=1S/C16H25NO2/c1-3-4-5-14-6-8-15(9-7-14)10-16(19)17-11-13(2)12-18/h6-9,13,18H,3-5,10-12H2,1-2H3,(H,17,19). The summed E-state index contributed by atoms with van der Waals surface area (Å²) in [6.45, 7) is 4.73. The molecule has 2 N–H and O–H groups in total. The number of hydrogen-bond donors (Lipinski definition) is 2. The number of carbonyl (C=O) groups is 1. The molecule has 0 aliphatic heterocycles. The lowest BCUT2D eigenvalue weighted by molar-refractivity contribution is -0.120. The number of aryl methyl sites for hydroxylation is 1. The van der Waals surface area contributed by atoms with Crippen LogP contribution in [0.25, 0.3) is 0 Å². The molecule has 1 aromatic carbocycles. The maximum absolute atomic E-state index is 11.7. The molecule has 0 bridgehead atoms. The molecule has 0 saturated heterocycles. The van der Waals surface area contributed by atoms with Crippen molar-refractivity contribution in [3.05, 3.63) is 35.4 Å². The predicted molar refractivity (Wildman–Crippen MR) is 78.0 cm³/mol. The number of benzene rings is 1. The molecule has 3 heteroatoms. The Bertz CT molecular complexity index is 373. The number of aliphatic hydroxyl groups is 1. The maximum Gasteiger partial charge on any atom is 0.224 e. The highest BCUT2D eigenvalue weighted by Crippen LogP contribution is 2.08. The van der Waals surface area contributed by atoms with E-state index in [0.717, 1.165) is 12.0 Å². The van der Waals surface area contributed by atoms with Gasteiger partial charge in [-0.15, -0.1) is 0 Å². The molecule has 1 unspecified atom stereocenters. The van der Waals surface area contributed by atoms with Gasteiger partial charge in [0.1, 0.15) is 0 Å². The fourth-order valence-electron chi connectivity index (χ4n) is 1.81. The first kappa shape index (κ1) is 15.7. The summed E-state index contributed by atoms with van der Waals surface area (Å²) >= 11 is 0. The first-order chi connectivity index (χ1) is 9.15. The third-order valence-corrected chi connectivity index (χ3v) is 3.17. The zero-order valence-electron chi connectivity index (χ0n) is 12.0. The van der Waals surface area contributed by atoms with Crippen molar-refractivity contribution in [1.82, 2.24) is 5.32 Å². The van der Waals surface area contributed by atoms with Crippen molar-refractivity contribution in [2.75, 3.05) is 13.2 Å². The van der Waals surface area contributed by atoms with Crippen LogP contribution in [-0.2, 0) is 17.6 Å². The number of unbranched alkanes of at least 4 members (excludes halogenated alkanes) is 1. The van der Waals surface area contributed by atoms with Crippen molar-refractivity contribution < 1.29 is 9.90 Å². The summed E-state index contributed by atoms with van der Waals surface area (Å²) in [5, 5.41) is 11.7. The van der Waals surface area contributed by atoms with Crippen LogP contribution in [0.4, 0.5) is 0 Å². The fourth-order valence-corrected chi connectivity index (χ4v) is 1.81. The molecule has 1 aromatic rings. The van der Waals surface area contributed by atoms with Gasteiger partial charge in [-0.05, 0) is 29.9 Å². The van der Waals surface area contributed by atoms with Gasteiger partial charge in [-0.25, -0.2) is 0 Å². The van der Waals surface area contributed by atoms with Gasteiger partial charge in [-0.3, -0.25) is 4.79 Å². The molecule has 1 amide bonds. The lowest BCUT2D eigenvalue weighted by atomic mass is 10.0. The van der Waals surface area contributed by atoms with E-state index in [1.807, 2.05) is 19.1 Å². The van der Waals surface area contributed by atoms with Crippen LogP contribution >= 0.6 is 0 Å². The molecule has 106 valence electrons. The van der Waals surface area contributed by atoms with Gasteiger partial charge in [0.2, 0.25) is 5.91 Å². The van der Waals surface area contributed by atoms with E-state index >= 15 is 0 Å². The Labute approximate surface area is 116 Å². The zero-order valence-corrected chi connectivity index (χ0v) is 12.0. The van der Waals surface area contributed by atoms with Gasteiger partial charge >= 0.3 is 0 Å². The number of hydrogen-bond acceptors (Lipinski definition) is 2. The van der Waals surface area contributed by atoms with E-state index in [0.29, 0.717) is 13.0 Å². The number of rotatable bonds is 8. The largest absolute Gasteiger partial charge is 0.396 e. The third-order valence-electron chi connectivity index (χ3n) is 3.17. The lowest BCUT2D eigenvalue weighted by Gasteiger charge is -2.09. The van der Waals surface area contributed by atoms with Crippen LogP contribution in [0.3, 0.4) is 0 Å². The van der Waals surface area contributed by atoms with E-state index in [9.17, 15) is 4.79 Å². The molecular weight excluding hydrogens is 238 g/mol. The van der Waals surface area contributed by atoms with Crippen LogP contribution in [-0.4, -0.2) is 24.2 Å². The average molecular weight is 263 g/mol. The van der Waals surface area contributed by atoms with Crippen LogP contribution in [0.5, 0.6) is 0 Å². The summed E-state index contributed by atoms with van der Waals surface area (Å²) in [5.41, 5.74) is 2.37. The monoisotopic (exact) mass is 263 g/mol. The molecule has 0 fully saturated rings.